The fourth-order valence-electron chi connectivity index (χ4n) is 2.41. The van der Waals surface area contributed by atoms with Crippen molar-refractivity contribution in [3.05, 3.63) is 59.2 Å². The summed E-state index contributed by atoms with van der Waals surface area (Å²) < 4.78 is 11.7. The van der Waals surface area contributed by atoms with E-state index in [1.807, 2.05) is 31.2 Å². The van der Waals surface area contributed by atoms with Gasteiger partial charge in [0.15, 0.2) is 16.6 Å². The van der Waals surface area contributed by atoms with E-state index in [0.29, 0.717) is 29.8 Å². The van der Waals surface area contributed by atoms with Crippen LogP contribution in [-0.4, -0.2) is 25.0 Å². The molecule has 5 nitrogen and oxygen atoms in total. The Morgan fingerprint density at radius 1 is 1.08 bits per heavy atom. The summed E-state index contributed by atoms with van der Waals surface area (Å²) in [4.78, 5) is 0. The SMILES string of the molecule is CCOc1cc(/C=N\NC(=S)NC)ccc1OCc1ccccc1CC. The predicted octanol–water partition coefficient (Wildman–Crippen LogP) is 3.65. The van der Waals surface area contributed by atoms with Crippen molar-refractivity contribution in [3.63, 3.8) is 0 Å². The van der Waals surface area contributed by atoms with Crippen LogP contribution in [0.3, 0.4) is 0 Å². The minimum absolute atomic E-state index is 0.459. The van der Waals surface area contributed by atoms with Gasteiger partial charge < -0.3 is 14.8 Å². The maximum atomic E-state index is 6.02. The van der Waals surface area contributed by atoms with Gasteiger partial charge in [-0.3, -0.25) is 5.43 Å². The molecule has 0 radical (unpaired) electrons. The van der Waals surface area contributed by atoms with E-state index in [9.17, 15) is 0 Å². The highest BCUT2D eigenvalue weighted by Crippen LogP contribution is 2.29. The van der Waals surface area contributed by atoms with Crippen LogP contribution in [0.5, 0.6) is 11.5 Å². The maximum absolute atomic E-state index is 6.02. The molecule has 0 fully saturated rings. The molecule has 0 spiro atoms. The Kier molecular flexibility index (Phi) is 7.89. The summed E-state index contributed by atoms with van der Waals surface area (Å²) >= 11 is 4.98. The lowest BCUT2D eigenvalue weighted by Gasteiger charge is -2.14. The normalized spacial score (nSPS) is 10.6. The minimum atomic E-state index is 0.459. The molecule has 2 rings (SSSR count). The number of hydrogen-bond donors (Lipinski definition) is 2. The lowest BCUT2D eigenvalue weighted by molar-refractivity contribution is 0.268. The first-order chi connectivity index (χ1) is 12.7. The van der Waals surface area contributed by atoms with E-state index in [2.05, 4.69) is 41.0 Å². The fraction of sp³-hybridized carbons (Fsp3) is 0.300. The number of benzene rings is 2. The van der Waals surface area contributed by atoms with E-state index in [-0.39, 0.29) is 0 Å². The molecule has 0 aliphatic rings. The van der Waals surface area contributed by atoms with Gasteiger partial charge in [-0.15, -0.1) is 0 Å². The van der Waals surface area contributed by atoms with Crippen molar-refractivity contribution in [3.8, 4) is 11.5 Å². The van der Waals surface area contributed by atoms with Crippen LogP contribution in [0.25, 0.3) is 0 Å². The molecule has 0 aliphatic carbocycles. The first-order valence-electron chi connectivity index (χ1n) is 8.65. The van der Waals surface area contributed by atoms with Crippen LogP contribution < -0.4 is 20.2 Å². The van der Waals surface area contributed by atoms with Gasteiger partial charge in [-0.2, -0.15) is 5.10 Å². The monoisotopic (exact) mass is 371 g/mol. The lowest BCUT2D eigenvalue weighted by Crippen LogP contribution is -2.28. The highest BCUT2D eigenvalue weighted by atomic mass is 32.1. The maximum Gasteiger partial charge on any atom is 0.186 e. The second-order valence-electron chi connectivity index (χ2n) is 5.50. The zero-order valence-corrected chi connectivity index (χ0v) is 16.2. The zero-order valence-electron chi connectivity index (χ0n) is 15.4. The fourth-order valence-corrected chi connectivity index (χ4v) is 2.47. The average Bonchev–Trinajstić information content (AvgIpc) is 2.67. The third-order valence-corrected chi connectivity index (χ3v) is 4.05. The Morgan fingerprint density at radius 3 is 2.54 bits per heavy atom. The van der Waals surface area contributed by atoms with Gasteiger partial charge in [-0.05, 0) is 60.5 Å². The van der Waals surface area contributed by atoms with Crippen molar-refractivity contribution in [2.75, 3.05) is 13.7 Å². The van der Waals surface area contributed by atoms with Gasteiger partial charge in [0.25, 0.3) is 0 Å². The number of thiocarbonyl (C=S) groups is 1. The van der Waals surface area contributed by atoms with Crippen LogP contribution in [0.15, 0.2) is 47.6 Å². The molecule has 0 bridgehead atoms. The summed E-state index contributed by atoms with van der Waals surface area (Å²) in [6, 6.07) is 14.0. The van der Waals surface area contributed by atoms with E-state index in [1.54, 1.807) is 13.3 Å². The van der Waals surface area contributed by atoms with Gasteiger partial charge in [0, 0.05) is 7.05 Å². The first kappa shape index (κ1) is 19.7. The lowest BCUT2D eigenvalue weighted by atomic mass is 10.1. The first-order valence-corrected chi connectivity index (χ1v) is 9.06. The molecule has 0 amide bonds. The van der Waals surface area contributed by atoms with Gasteiger partial charge >= 0.3 is 0 Å². The smallest absolute Gasteiger partial charge is 0.186 e. The molecular weight excluding hydrogens is 346 g/mol. The Hall–Kier alpha value is -2.60. The summed E-state index contributed by atoms with van der Waals surface area (Å²) in [7, 11) is 1.74. The minimum Gasteiger partial charge on any atom is -0.490 e. The highest BCUT2D eigenvalue weighted by molar-refractivity contribution is 7.80. The quantitative estimate of drug-likeness (QED) is 0.421. The van der Waals surface area contributed by atoms with E-state index in [0.717, 1.165) is 12.0 Å². The molecule has 138 valence electrons. The van der Waals surface area contributed by atoms with E-state index in [4.69, 9.17) is 21.7 Å². The molecule has 6 heteroatoms. The summed E-state index contributed by atoms with van der Waals surface area (Å²) in [6.07, 6.45) is 2.66. The number of nitrogens with zero attached hydrogens (tertiary/aromatic N) is 1. The van der Waals surface area contributed by atoms with Crippen LogP contribution in [0.1, 0.15) is 30.5 Å². The highest BCUT2D eigenvalue weighted by Gasteiger charge is 2.08. The third-order valence-electron chi connectivity index (χ3n) is 3.76. The molecule has 0 saturated carbocycles. The van der Waals surface area contributed by atoms with Crippen molar-refractivity contribution < 1.29 is 9.47 Å². The Morgan fingerprint density at radius 2 is 1.85 bits per heavy atom. The summed E-state index contributed by atoms with van der Waals surface area (Å²) in [6.45, 7) is 5.16. The van der Waals surface area contributed by atoms with Crippen molar-refractivity contribution in [1.82, 2.24) is 10.7 Å². The molecule has 0 atom stereocenters. The van der Waals surface area contributed by atoms with E-state index >= 15 is 0 Å². The van der Waals surface area contributed by atoms with Gasteiger partial charge in [-0.1, -0.05) is 31.2 Å². The topological polar surface area (TPSA) is 54.9 Å². The number of hydrazone groups is 1. The van der Waals surface area contributed by atoms with Gasteiger partial charge in [0.2, 0.25) is 0 Å². The molecular formula is C20H25N3O2S. The molecule has 0 aromatic heterocycles. The van der Waals surface area contributed by atoms with Crippen LogP contribution >= 0.6 is 12.2 Å². The van der Waals surface area contributed by atoms with Crippen molar-refractivity contribution in [2.45, 2.75) is 26.9 Å². The molecule has 0 heterocycles. The molecule has 2 aromatic carbocycles. The van der Waals surface area contributed by atoms with Crippen LogP contribution in [0.4, 0.5) is 0 Å². The van der Waals surface area contributed by atoms with Crippen LogP contribution in [0.2, 0.25) is 0 Å². The molecule has 0 aliphatic heterocycles. The Labute approximate surface area is 160 Å². The van der Waals surface area contributed by atoms with Crippen molar-refractivity contribution in [1.29, 1.82) is 0 Å². The van der Waals surface area contributed by atoms with Crippen molar-refractivity contribution in [2.24, 2.45) is 5.10 Å². The zero-order chi connectivity index (χ0) is 18.8. The average molecular weight is 372 g/mol. The number of rotatable bonds is 8. The molecule has 2 aromatic rings. The number of nitrogens with one attached hydrogen (secondary N) is 2. The van der Waals surface area contributed by atoms with Crippen molar-refractivity contribution >= 4 is 23.5 Å². The van der Waals surface area contributed by atoms with E-state index < -0.39 is 0 Å². The van der Waals surface area contributed by atoms with E-state index in [1.165, 1.54) is 11.1 Å². The van der Waals surface area contributed by atoms with Gasteiger partial charge in [0.05, 0.1) is 12.8 Å². The molecule has 0 saturated heterocycles. The number of ether oxygens (including phenoxy) is 2. The molecule has 26 heavy (non-hydrogen) atoms. The van der Waals surface area contributed by atoms with Gasteiger partial charge in [-0.25, -0.2) is 0 Å². The third kappa shape index (κ3) is 5.74. The Bertz CT molecular complexity index is 762. The van der Waals surface area contributed by atoms with Crippen LogP contribution in [-0.2, 0) is 13.0 Å². The second-order valence-corrected chi connectivity index (χ2v) is 5.91. The summed E-state index contributed by atoms with van der Waals surface area (Å²) in [5.74, 6) is 1.41. The predicted molar refractivity (Wildman–Crippen MR) is 110 cm³/mol. The molecule has 2 N–H and O–H groups in total. The van der Waals surface area contributed by atoms with Gasteiger partial charge in [0.1, 0.15) is 6.61 Å². The summed E-state index contributed by atoms with van der Waals surface area (Å²) in [5, 5.41) is 7.34. The second kappa shape index (κ2) is 10.4. The van der Waals surface area contributed by atoms with Crippen LogP contribution in [0, 0.1) is 0 Å². The standard InChI is InChI=1S/C20H25N3O2S/c1-4-16-8-6-7-9-17(16)14-25-18-11-10-15(12-19(18)24-5-2)13-22-23-20(26)21-3/h6-13H,4-5,14H2,1-3H3,(H2,21,23,26)/b22-13-. The largest absolute Gasteiger partial charge is 0.490 e. The Balaban J connectivity index is 2.11. The number of aryl methyl sites for hydroxylation is 1. The summed E-state index contributed by atoms with van der Waals surface area (Å²) in [5.41, 5.74) is 6.09. The molecule has 0 unspecified atom stereocenters. The number of hydrogen-bond acceptors (Lipinski definition) is 4.